The lowest BCUT2D eigenvalue weighted by Crippen LogP contribution is -2.46. The molecule has 1 saturated heterocycles. The van der Waals surface area contributed by atoms with Gasteiger partial charge in [0.05, 0.1) is 17.8 Å². The molecule has 1 aromatic heterocycles. The maximum atomic E-state index is 12.1. The molecule has 5 rings (SSSR count). The number of aryl methyl sites for hydroxylation is 1. The fourth-order valence-corrected chi connectivity index (χ4v) is 4.96. The Morgan fingerprint density at radius 2 is 1.92 bits per heavy atom. The molecule has 2 heterocycles. The Morgan fingerprint density at radius 1 is 1.08 bits per heavy atom. The summed E-state index contributed by atoms with van der Waals surface area (Å²) in [6.45, 7) is 2.56. The Balaban J connectivity index is 1.42. The summed E-state index contributed by atoms with van der Waals surface area (Å²) in [5.74, 6) is -0.583. The quantitative estimate of drug-likeness (QED) is 0.205. The largest absolute Gasteiger partial charge is 0.381 e. The smallest absolute Gasteiger partial charge is 0.274 e. The Labute approximate surface area is 215 Å². The summed E-state index contributed by atoms with van der Waals surface area (Å²) in [5.41, 5.74) is 8.14. The molecule has 4 aromatic rings. The van der Waals surface area contributed by atoms with E-state index in [1.165, 1.54) is 0 Å². The lowest BCUT2D eigenvalue weighted by molar-refractivity contribution is -0.122. The van der Waals surface area contributed by atoms with E-state index in [1.807, 2.05) is 43.2 Å². The minimum absolute atomic E-state index is 0.197. The van der Waals surface area contributed by atoms with Crippen molar-refractivity contribution in [3.8, 4) is 11.1 Å². The van der Waals surface area contributed by atoms with Crippen molar-refractivity contribution in [2.24, 2.45) is 7.05 Å². The third-order valence-electron chi connectivity index (χ3n) is 7.05. The number of carbonyl (C=O) groups is 2. The summed E-state index contributed by atoms with van der Waals surface area (Å²) in [6, 6.07) is 19.7. The van der Waals surface area contributed by atoms with Crippen LogP contribution in [0.25, 0.3) is 22.0 Å². The SMILES string of the molecule is CN1CCN(C=O)C(c2cc(C(=O)NO)ccc2CNc2cccc(-c3ccc4c(cnn4C)c3)c2)C1. The molecular weight excluding hydrogens is 468 g/mol. The van der Waals surface area contributed by atoms with Gasteiger partial charge in [-0.05, 0) is 65.7 Å². The number of likely N-dealkylation sites (N-methyl/N-ethyl adjacent to an activating group) is 1. The normalized spacial score (nSPS) is 16.1. The number of fused-ring (bicyclic) bond motifs is 1. The van der Waals surface area contributed by atoms with Gasteiger partial charge >= 0.3 is 0 Å². The Bertz CT molecular complexity index is 1450. The van der Waals surface area contributed by atoms with Crippen molar-refractivity contribution < 1.29 is 14.8 Å². The van der Waals surface area contributed by atoms with Crippen molar-refractivity contribution in [3.63, 3.8) is 0 Å². The highest BCUT2D eigenvalue weighted by molar-refractivity contribution is 5.93. The Kier molecular flexibility index (Phi) is 6.89. The van der Waals surface area contributed by atoms with E-state index in [2.05, 4.69) is 45.6 Å². The number of nitrogens with zero attached hydrogens (tertiary/aromatic N) is 4. The van der Waals surface area contributed by atoms with Crippen LogP contribution in [-0.4, -0.2) is 63.8 Å². The topological polar surface area (TPSA) is 103 Å². The molecule has 0 spiro atoms. The number of amides is 2. The van der Waals surface area contributed by atoms with Crippen LogP contribution in [0.15, 0.2) is 66.9 Å². The molecule has 190 valence electrons. The highest BCUT2D eigenvalue weighted by atomic mass is 16.5. The minimum Gasteiger partial charge on any atom is -0.381 e. The van der Waals surface area contributed by atoms with Crippen molar-refractivity contribution >= 4 is 28.9 Å². The molecule has 3 N–H and O–H groups in total. The van der Waals surface area contributed by atoms with Crippen molar-refractivity contribution in [2.45, 2.75) is 12.6 Å². The standard InChI is InChI=1S/C28H30N6O3/c1-32-10-11-34(18-35)27(17-32)25-14-21(28(36)31-37)6-7-22(25)15-29-24-5-3-4-19(13-24)20-8-9-26-23(12-20)16-30-33(26)2/h3-9,12-14,16,18,27,29,37H,10-11,15,17H2,1-2H3,(H,31,36). The van der Waals surface area contributed by atoms with Crippen molar-refractivity contribution in [2.75, 3.05) is 32.0 Å². The predicted octanol–water partition coefficient (Wildman–Crippen LogP) is 3.42. The number of aromatic nitrogens is 2. The molecule has 37 heavy (non-hydrogen) atoms. The molecule has 2 amide bonds. The Hall–Kier alpha value is -4.21. The van der Waals surface area contributed by atoms with E-state index in [0.717, 1.165) is 51.8 Å². The zero-order chi connectivity index (χ0) is 25.9. The first kappa shape index (κ1) is 24.5. The molecule has 9 heteroatoms. The van der Waals surface area contributed by atoms with Gasteiger partial charge < -0.3 is 15.1 Å². The van der Waals surface area contributed by atoms with Crippen molar-refractivity contribution in [3.05, 3.63) is 83.6 Å². The molecule has 0 saturated carbocycles. The fraction of sp³-hybridized carbons (Fsp3) is 0.250. The van der Waals surface area contributed by atoms with Crippen LogP contribution in [0.3, 0.4) is 0 Å². The molecular formula is C28H30N6O3. The van der Waals surface area contributed by atoms with Crippen LogP contribution in [0.2, 0.25) is 0 Å². The number of piperazine rings is 1. The second-order valence-electron chi connectivity index (χ2n) is 9.45. The van der Waals surface area contributed by atoms with Gasteiger partial charge in [0.2, 0.25) is 6.41 Å². The lowest BCUT2D eigenvalue weighted by Gasteiger charge is -2.39. The highest BCUT2D eigenvalue weighted by Crippen LogP contribution is 2.30. The number of benzene rings is 3. The molecule has 9 nitrogen and oxygen atoms in total. The third-order valence-corrected chi connectivity index (χ3v) is 7.05. The van der Waals surface area contributed by atoms with Crippen LogP contribution >= 0.6 is 0 Å². The monoisotopic (exact) mass is 498 g/mol. The van der Waals surface area contributed by atoms with Gasteiger partial charge in [0.1, 0.15) is 0 Å². The number of hydrogen-bond acceptors (Lipinski definition) is 6. The van der Waals surface area contributed by atoms with Crippen LogP contribution < -0.4 is 10.8 Å². The van der Waals surface area contributed by atoms with Crippen molar-refractivity contribution in [1.29, 1.82) is 0 Å². The number of carbonyl (C=O) groups excluding carboxylic acids is 2. The second kappa shape index (κ2) is 10.4. The number of nitrogens with one attached hydrogen (secondary N) is 2. The molecule has 1 fully saturated rings. The highest BCUT2D eigenvalue weighted by Gasteiger charge is 2.28. The van der Waals surface area contributed by atoms with Gasteiger partial charge in [-0.1, -0.05) is 24.3 Å². The first-order valence-corrected chi connectivity index (χ1v) is 12.2. The molecule has 0 radical (unpaired) electrons. The summed E-state index contributed by atoms with van der Waals surface area (Å²) >= 11 is 0. The minimum atomic E-state index is -0.583. The summed E-state index contributed by atoms with van der Waals surface area (Å²) in [4.78, 5) is 27.9. The molecule has 1 unspecified atom stereocenters. The van der Waals surface area contributed by atoms with Gasteiger partial charge in [-0.2, -0.15) is 5.10 Å². The van der Waals surface area contributed by atoms with E-state index in [-0.39, 0.29) is 6.04 Å². The molecule has 0 aliphatic carbocycles. The van der Waals surface area contributed by atoms with E-state index < -0.39 is 5.91 Å². The maximum Gasteiger partial charge on any atom is 0.274 e. The third kappa shape index (κ3) is 5.04. The zero-order valence-electron chi connectivity index (χ0n) is 20.9. The van der Waals surface area contributed by atoms with Crippen LogP contribution in [0.5, 0.6) is 0 Å². The van der Waals surface area contributed by atoms with E-state index in [4.69, 9.17) is 5.21 Å². The van der Waals surface area contributed by atoms with Crippen LogP contribution in [0.4, 0.5) is 5.69 Å². The number of hydroxylamine groups is 1. The summed E-state index contributed by atoms with van der Waals surface area (Å²) in [7, 11) is 3.95. The molecule has 1 atom stereocenters. The zero-order valence-corrected chi connectivity index (χ0v) is 20.9. The van der Waals surface area contributed by atoms with Gasteiger partial charge in [-0.3, -0.25) is 19.5 Å². The predicted molar refractivity (Wildman–Crippen MR) is 142 cm³/mol. The van der Waals surface area contributed by atoms with Gasteiger partial charge in [0.15, 0.2) is 0 Å². The van der Waals surface area contributed by atoms with Crippen LogP contribution in [0, 0.1) is 0 Å². The first-order valence-electron chi connectivity index (χ1n) is 12.2. The van der Waals surface area contributed by atoms with E-state index in [9.17, 15) is 9.59 Å². The summed E-state index contributed by atoms with van der Waals surface area (Å²) < 4.78 is 1.86. The average Bonchev–Trinajstić information content (AvgIpc) is 3.31. The molecule has 1 aliphatic rings. The summed E-state index contributed by atoms with van der Waals surface area (Å²) in [6.07, 6.45) is 2.74. The first-order chi connectivity index (χ1) is 18.0. The van der Waals surface area contributed by atoms with Gasteiger partial charge in [0.25, 0.3) is 5.91 Å². The van der Waals surface area contributed by atoms with Crippen LogP contribution in [-0.2, 0) is 18.4 Å². The Morgan fingerprint density at radius 3 is 2.73 bits per heavy atom. The maximum absolute atomic E-state index is 12.1. The number of anilines is 1. The molecule has 0 bridgehead atoms. The van der Waals surface area contributed by atoms with Crippen LogP contribution in [0.1, 0.15) is 27.5 Å². The van der Waals surface area contributed by atoms with Gasteiger partial charge in [0, 0.05) is 49.9 Å². The molecule has 1 aliphatic heterocycles. The van der Waals surface area contributed by atoms with E-state index in [0.29, 0.717) is 25.2 Å². The average molecular weight is 499 g/mol. The number of rotatable bonds is 7. The number of hydrogen-bond donors (Lipinski definition) is 3. The van der Waals surface area contributed by atoms with E-state index in [1.54, 1.807) is 22.5 Å². The van der Waals surface area contributed by atoms with Gasteiger partial charge in [-0.25, -0.2) is 5.48 Å². The van der Waals surface area contributed by atoms with Crippen molar-refractivity contribution in [1.82, 2.24) is 25.1 Å². The van der Waals surface area contributed by atoms with E-state index >= 15 is 0 Å². The molecule has 3 aromatic carbocycles. The second-order valence-corrected chi connectivity index (χ2v) is 9.45. The lowest BCUT2D eigenvalue weighted by atomic mass is 9.94. The summed E-state index contributed by atoms with van der Waals surface area (Å²) in [5, 5.41) is 18.1. The fourth-order valence-electron chi connectivity index (χ4n) is 4.96. The van der Waals surface area contributed by atoms with Gasteiger partial charge in [-0.15, -0.1) is 0 Å².